The van der Waals surface area contributed by atoms with Gasteiger partial charge in [0.15, 0.2) is 0 Å². The molecule has 1 aromatic rings. The normalized spacial score (nSPS) is 23.9. The molecule has 0 amide bonds. The fourth-order valence-electron chi connectivity index (χ4n) is 3.07. The first-order chi connectivity index (χ1) is 8.94. The summed E-state index contributed by atoms with van der Waals surface area (Å²) >= 11 is 3.51. The first-order valence-electron chi connectivity index (χ1n) is 7.19. The van der Waals surface area contributed by atoms with E-state index in [2.05, 4.69) is 65.9 Å². The van der Waals surface area contributed by atoms with Crippen molar-refractivity contribution in [2.75, 3.05) is 13.1 Å². The Morgan fingerprint density at radius 2 is 1.95 bits per heavy atom. The van der Waals surface area contributed by atoms with Crippen LogP contribution in [0.15, 0.2) is 28.7 Å². The van der Waals surface area contributed by atoms with E-state index >= 15 is 0 Å². The van der Waals surface area contributed by atoms with E-state index in [0.717, 1.165) is 30.4 Å². The molecular formula is C16H26BrClN2. The van der Waals surface area contributed by atoms with Gasteiger partial charge in [-0.1, -0.05) is 48.8 Å². The fourth-order valence-corrected chi connectivity index (χ4v) is 3.34. The maximum atomic E-state index is 6.24. The molecule has 0 aromatic heterocycles. The van der Waals surface area contributed by atoms with E-state index in [9.17, 15) is 0 Å². The van der Waals surface area contributed by atoms with Crippen molar-refractivity contribution in [1.82, 2.24) is 4.90 Å². The molecule has 0 aliphatic carbocycles. The second-order valence-corrected chi connectivity index (χ2v) is 7.25. The molecule has 2 nitrogen and oxygen atoms in total. The van der Waals surface area contributed by atoms with Crippen molar-refractivity contribution >= 4 is 28.3 Å². The molecule has 0 bridgehead atoms. The number of nitrogens with two attached hydrogens (primary N) is 1. The minimum Gasteiger partial charge on any atom is -0.327 e. The lowest BCUT2D eigenvalue weighted by molar-refractivity contribution is 0.0588. The summed E-state index contributed by atoms with van der Waals surface area (Å²) in [6, 6.07) is 9.59. The molecule has 2 unspecified atom stereocenters. The van der Waals surface area contributed by atoms with Crippen molar-refractivity contribution in [2.24, 2.45) is 11.1 Å². The van der Waals surface area contributed by atoms with Crippen molar-refractivity contribution in [3.8, 4) is 0 Å². The summed E-state index contributed by atoms with van der Waals surface area (Å²) < 4.78 is 1.15. The molecule has 0 radical (unpaired) electrons. The molecule has 0 saturated carbocycles. The number of hydrogen-bond donors (Lipinski definition) is 1. The largest absolute Gasteiger partial charge is 0.327 e. The van der Waals surface area contributed by atoms with E-state index in [4.69, 9.17) is 5.73 Å². The van der Waals surface area contributed by atoms with Gasteiger partial charge < -0.3 is 5.73 Å². The van der Waals surface area contributed by atoms with Crippen molar-refractivity contribution in [2.45, 2.75) is 45.7 Å². The van der Waals surface area contributed by atoms with Gasteiger partial charge in [-0.2, -0.15) is 0 Å². The molecule has 1 saturated heterocycles. The van der Waals surface area contributed by atoms with Gasteiger partial charge in [0.1, 0.15) is 0 Å². The summed E-state index contributed by atoms with van der Waals surface area (Å²) in [5, 5.41) is 0. The number of nitrogens with zero attached hydrogens (tertiary/aromatic N) is 1. The van der Waals surface area contributed by atoms with Crippen LogP contribution in [0, 0.1) is 5.41 Å². The second-order valence-electron chi connectivity index (χ2n) is 6.33. The van der Waals surface area contributed by atoms with Crippen molar-refractivity contribution in [3.63, 3.8) is 0 Å². The molecule has 4 heteroatoms. The Morgan fingerprint density at radius 3 is 2.45 bits per heavy atom. The zero-order valence-corrected chi connectivity index (χ0v) is 15.0. The number of halogens is 2. The number of rotatable bonds is 3. The summed E-state index contributed by atoms with van der Waals surface area (Å²) in [5.41, 5.74) is 7.87. The van der Waals surface area contributed by atoms with E-state index in [1.807, 2.05) is 0 Å². The first-order valence-corrected chi connectivity index (χ1v) is 7.98. The number of piperidine rings is 1. The van der Waals surface area contributed by atoms with Crippen LogP contribution in [0.2, 0.25) is 0 Å². The third-order valence-corrected chi connectivity index (χ3v) is 4.95. The highest BCUT2D eigenvalue weighted by molar-refractivity contribution is 9.10. The average Bonchev–Trinajstić information content (AvgIpc) is 2.36. The van der Waals surface area contributed by atoms with E-state index < -0.39 is 0 Å². The van der Waals surface area contributed by atoms with E-state index in [1.54, 1.807) is 0 Å². The predicted octanol–water partition coefficient (Wildman–Crippen LogP) is 4.38. The van der Waals surface area contributed by atoms with Gasteiger partial charge >= 0.3 is 0 Å². The Hall–Kier alpha value is -0.0900. The lowest BCUT2D eigenvalue weighted by atomic mass is 9.78. The van der Waals surface area contributed by atoms with Crippen LogP contribution in [0.3, 0.4) is 0 Å². The summed E-state index contributed by atoms with van der Waals surface area (Å²) in [4.78, 5) is 2.60. The first kappa shape index (κ1) is 18.0. The summed E-state index contributed by atoms with van der Waals surface area (Å²) in [6.45, 7) is 9.05. The SMILES string of the molecule is CCC(c1ccc(Br)cc1)N1CCC(N)C(C)(C)C1.Cl. The van der Waals surface area contributed by atoms with Crippen LogP contribution < -0.4 is 5.73 Å². The van der Waals surface area contributed by atoms with Crippen molar-refractivity contribution < 1.29 is 0 Å². The second kappa shape index (κ2) is 7.26. The maximum absolute atomic E-state index is 6.24. The third kappa shape index (κ3) is 3.97. The van der Waals surface area contributed by atoms with E-state index in [-0.39, 0.29) is 17.8 Å². The van der Waals surface area contributed by atoms with Crippen LogP contribution in [0.1, 0.15) is 45.2 Å². The number of likely N-dealkylation sites (tertiary alicyclic amines) is 1. The zero-order valence-electron chi connectivity index (χ0n) is 12.6. The lowest BCUT2D eigenvalue weighted by Gasteiger charge is -2.45. The Bertz CT molecular complexity index is 419. The minimum absolute atomic E-state index is 0. The molecule has 20 heavy (non-hydrogen) atoms. The summed E-state index contributed by atoms with van der Waals surface area (Å²) in [7, 11) is 0. The van der Waals surface area contributed by atoms with Gasteiger partial charge in [0.25, 0.3) is 0 Å². The van der Waals surface area contributed by atoms with Crippen molar-refractivity contribution in [1.29, 1.82) is 0 Å². The Balaban J connectivity index is 0.00000200. The number of benzene rings is 1. The Morgan fingerprint density at radius 1 is 1.35 bits per heavy atom. The summed E-state index contributed by atoms with van der Waals surface area (Å²) in [5.74, 6) is 0. The number of hydrogen-bond acceptors (Lipinski definition) is 2. The van der Waals surface area contributed by atoms with Crippen LogP contribution in [0.25, 0.3) is 0 Å². The molecule has 114 valence electrons. The molecule has 2 rings (SSSR count). The average molecular weight is 362 g/mol. The van der Waals surface area contributed by atoms with Gasteiger partial charge in [-0.3, -0.25) is 4.90 Å². The zero-order chi connectivity index (χ0) is 14.0. The third-order valence-electron chi connectivity index (χ3n) is 4.42. The standard InChI is InChI=1S/C16H25BrN2.ClH/c1-4-14(12-5-7-13(17)8-6-12)19-10-9-15(18)16(2,3)11-19;/h5-8,14-15H,4,9-11,18H2,1-3H3;1H. The van der Waals surface area contributed by atoms with Gasteiger partial charge in [-0.15, -0.1) is 12.4 Å². The van der Waals surface area contributed by atoms with E-state index in [1.165, 1.54) is 5.56 Å². The topological polar surface area (TPSA) is 29.3 Å². The molecule has 1 aliphatic rings. The smallest absolute Gasteiger partial charge is 0.0345 e. The van der Waals surface area contributed by atoms with Crippen LogP contribution >= 0.6 is 28.3 Å². The molecule has 1 fully saturated rings. The van der Waals surface area contributed by atoms with Gasteiger partial charge in [0.2, 0.25) is 0 Å². The molecule has 2 atom stereocenters. The monoisotopic (exact) mass is 360 g/mol. The summed E-state index contributed by atoms with van der Waals surface area (Å²) in [6.07, 6.45) is 2.24. The molecular weight excluding hydrogens is 336 g/mol. The highest BCUT2D eigenvalue weighted by atomic mass is 79.9. The van der Waals surface area contributed by atoms with Crippen LogP contribution in [0.4, 0.5) is 0 Å². The highest BCUT2D eigenvalue weighted by Crippen LogP contribution is 2.34. The van der Waals surface area contributed by atoms with Crippen molar-refractivity contribution in [3.05, 3.63) is 34.3 Å². The Kier molecular flexibility index (Phi) is 6.52. The molecule has 1 heterocycles. The predicted molar refractivity (Wildman–Crippen MR) is 92.4 cm³/mol. The quantitative estimate of drug-likeness (QED) is 0.865. The highest BCUT2D eigenvalue weighted by Gasteiger charge is 2.35. The van der Waals surface area contributed by atoms with Gasteiger partial charge in [-0.25, -0.2) is 0 Å². The van der Waals surface area contributed by atoms with E-state index in [0.29, 0.717) is 12.1 Å². The molecule has 1 aromatic carbocycles. The molecule has 1 aliphatic heterocycles. The van der Waals surface area contributed by atoms with Gasteiger partial charge in [-0.05, 0) is 36.0 Å². The fraction of sp³-hybridized carbons (Fsp3) is 0.625. The Labute approximate surface area is 137 Å². The molecule has 2 N–H and O–H groups in total. The van der Waals surface area contributed by atoms with Gasteiger partial charge in [0, 0.05) is 29.6 Å². The molecule has 0 spiro atoms. The van der Waals surface area contributed by atoms with Gasteiger partial charge in [0.05, 0.1) is 0 Å². The van der Waals surface area contributed by atoms with Crippen LogP contribution in [-0.4, -0.2) is 24.0 Å². The van der Waals surface area contributed by atoms with Crippen LogP contribution in [-0.2, 0) is 0 Å². The minimum atomic E-state index is 0. The maximum Gasteiger partial charge on any atom is 0.0345 e. The lowest BCUT2D eigenvalue weighted by Crippen LogP contribution is -2.53. The van der Waals surface area contributed by atoms with Crippen LogP contribution in [0.5, 0.6) is 0 Å².